The molecule has 0 saturated heterocycles. The van der Waals surface area contributed by atoms with Crippen molar-refractivity contribution >= 4 is 11.6 Å². The van der Waals surface area contributed by atoms with E-state index in [-0.39, 0.29) is 0 Å². The van der Waals surface area contributed by atoms with Gasteiger partial charge in [0.2, 0.25) is 5.75 Å². The van der Waals surface area contributed by atoms with E-state index in [1.165, 1.54) is 25.7 Å². The van der Waals surface area contributed by atoms with Crippen LogP contribution in [0.3, 0.4) is 0 Å². The number of ether oxygens (including phenoxy) is 1. The summed E-state index contributed by atoms with van der Waals surface area (Å²) in [5.74, 6) is 2.20. The van der Waals surface area contributed by atoms with Gasteiger partial charge in [0.1, 0.15) is 6.33 Å². The van der Waals surface area contributed by atoms with Gasteiger partial charge in [-0.3, -0.25) is 0 Å². The first-order valence-electron chi connectivity index (χ1n) is 7.62. The van der Waals surface area contributed by atoms with Gasteiger partial charge in [0.15, 0.2) is 11.6 Å². The second-order valence-corrected chi connectivity index (χ2v) is 5.03. The smallest absolute Gasteiger partial charge is 0.204 e. The van der Waals surface area contributed by atoms with Crippen molar-refractivity contribution in [2.75, 3.05) is 24.3 Å². The molecule has 0 aromatic carbocycles. The van der Waals surface area contributed by atoms with Crippen LogP contribution in [-0.4, -0.2) is 29.7 Å². The first-order valence-corrected chi connectivity index (χ1v) is 7.62. The summed E-state index contributed by atoms with van der Waals surface area (Å²) in [4.78, 5) is 8.50. The van der Waals surface area contributed by atoms with Crippen molar-refractivity contribution in [3.05, 3.63) is 6.33 Å². The van der Waals surface area contributed by atoms with Crippen LogP contribution in [-0.2, 0) is 0 Å². The summed E-state index contributed by atoms with van der Waals surface area (Å²) in [5, 5.41) is 6.61. The maximum atomic E-state index is 5.42. The fraction of sp³-hybridized carbons (Fsp3) is 0.733. The lowest BCUT2D eigenvalue weighted by Crippen LogP contribution is -2.17. The number of methoxy groups -OCH3 is 1. The van der Waals surface area contributed by atoms with E-state index < -0.39 is 0 Å². The predicted molar refractivity (Wildman–Crippen MR) is 84.6 cm³/mol. The molecule has 114 valence electrons. The third kappa shape index (κ3) is 5.23. The van der Waals surface area contributed by atoms with Crippen LogP contribution in [0, 0.1) is 0 Å². The third-order valence-corrected chi connectivity index (χ3v) is 3.23. The van der Waals surface area contributed by atoms with Crippen LogP contribution in [0.5, 0.6) is 5.75 Å². The topological polar surface area (TPSA) is 59.1 Å². The Labute approximate surface area is 122 Å². The van der Waals surface area contributed by atoms with Gasteiger partial charge in [0.25, 0.3) is 0 Å². The molecule has 0 aliphatic carbocycles. The molecule has 1 rings (SSSR count). The summed E-state index contributed by atoms with van der Waals surface area (Å²) in [6, 6.07) is 0.380. The summed E-state index contributed by atoms with van der Waals surface area (Å²) < 4.78 is 5.42. The first kappa shape index (κ1) is 16.5. The van der Waals surface area contributed by atoms with E-state index in [1.54, 1.807) is 13.4 Å². The Balaban J connectivity index is 2.59. The van der Waals surface area contributed by atoms with Crippen molar-refractivity contribution in [1.29, 1.82) is 0 Å². The van der Waals surface area contributed by atoms with Gasteiger partial charge in [-0.05, 0) is 20.3 Å². The van der Waals surface area contributed by atoms with Gasteiger partial charge in [-0.15, -0.1) is 0 Å². The second-order valence-electron chi connectivity index (χ2n) is 5.03. The lowest BCUT2D eigenvalue weighted by Gasteiger charge is -2.18. The number of unbranched alkanes of at least 4 members (excludes halogenated alkanes) is 3. The maximum Gasteiger partial charge on any atom is 0.204 e. The molecular formula is C15H28N4O. The summed E-state index contributed by atoms with van der Waals surface area (Å²) in [5.41, 5.74) is 0. The zero-order chi connectivity index (χ0) is 14.8. The molecular weight excluding hydrogens is 252 g/mol. The van der Waals surface area contributed by atoms with Gasteiger partial charge in [0, 0.05) is 12.6 Å². The molecule has 20 heavy (non-hydrogen) atoms. The van der Waals surface area contributed by atoms with E-state index in [9.17, 15) is 0 Å². The number of hydrogen-bond acceptors (Lipinski definition) is 5. The van der Waals surface area contributed by atoms with Gasteiger partial charge in [0.05, 0.1) is 7.11 Å². The molecule has 0 bridgehead atoms. The highest BCUT2D eigenvalue weighted by Gasteiger charge is 2.13. The van der Waals surface area contributed by atoms with Crippen LogP contribution in [0.1, 0.15) is 52.9 Å². The van der Waals surface area contributed by atoms with Crippen molar-refractivity contribution < 1.29 is 4.74 Å². The summed E-state index contributed by atoms with van der Waals surface area (Å²) in [7, 11) is 1.65. The predicted octanol–water partition coefficient (Wildman–Crippen LogP) is 3.69. The van der Waals surface area contributed by atoms with E-state index in [4.69, 9.17) is 4.74 Å². The fourth-order valence-electron chi connectivity index (χ4n) is 2.15. The Morgan fingerprint density at radius 2 is 1.90 bits per heavy atom. The molecule has 1 unspecified atom stereocenters. The monoisotopic (exact) mass is 280 g/mol. The molecule has 1 aromatic rings. The lowest BCUT2D eigenvalue weighted by molar-refractivity contribution is 0.414. The number of nitrogens with zero attached hydrogens (tertiary/aromatic N) is 2. The number of anilines is 2. The van der Waals surface area contributed by atoms with E-state index in [2.05, 4.69) is 34.4 Å². The van der Waals surface area contributed by atoms with Crippen LogP contribution >= 0.6 is 0 Å². The Morgan fingerprint density at radius 1 is 1.15 bits per heavy atom. The van der Waals surface area contributed by atoms with Crippen LogP contribution in [0.15, 0.2) is 6.33 Å². The molecule has 1 aromatic heterocycles. The lowest BCUT2D eigenvalue weighted by atomic mass is 10.1. The van der Waals surface area contributed by atoms with Gasteiger partial charge in [-0.2, -0.15) is 0 Å². The van der Waals surface area contributed by atoms with E-state index in [0.717, 1.165) is 24.6 Å². The second kappa shape index (κ2) is 9.39. The Kier molecular flexibility index (Phi) is 7.77. The first-order chi connectivity index (χ1) is 9.72. The normalized spacial score (nSPS) is 12.0. The molecule has 0 saturated carbocycles. The van der Waals surface area contributed by atoms with Gasteiger partial charge >= 0.3 is 0 Å². The van der Waals surface area contributed by atoms with Crippen LogP contribution in [0.25, 0.3) is 0 Å². The molecule has 0 aliphatic heterocycles. The Hall–Kier alpha value is -1.52. The van der Waals surface area contributed by atoms with Crippen molar-refractivity contribution in [3.8, 4) is 5.75 Å². The van der Waals surface area contributed by atoms with Gasteiger partial charge in [-0.1, -0.05) is 32.6 Å². The highest BCUT2D eigenvalue weighted by Crippen LogP contribution is 2.29. The van der Waals surface area contributed by atoms with Gasteiger partial charge in [-0.25, -0.2) is 9.97 Å². The summed E-state index contributed by atoms with van der Waals surface area (Å²) >= 11 is 0. The number of nitrogens with one attached hydrogen (secondary N) is 2. The average Bonchev–Trinajstić information content (AvgIpc) is 2.44. The molecule has 0 aliphatic rings. The minimum atomic E-state index is 0.380. The minimum absolute atomic E-state index is 0.380. The van der Waals surface area contributed by atoms with Crippen molar-refractivity contribution in [2.24, 2.45) is 0 Å². The highest BCUT2D eigenvalue weighted by atomic mass is 16.5. The highest BCUT2D eigenvalue weighted by molar-refractivity contribution is 5.63. The Morgan fingerprint density at radius 3 is 2.55 bits per heavy atom. The molecule has 0 spiro atoms. The van der Waals surface area contributed by atoms with E-state index in [1.807, 2.05) is 6.92 Å². The average molecular weight is 280 g/mol. The maximum absolute atomic E-state index is 5.42. The number of hydrogen-bond donors (Lipinski definition) is 2. The van der Waals surface area contributed by atoms with Crippen molar-refractivity contribution in [1.82, 2.24) is 9.97 Å². The fourth-order valence-corrected chi connectivity index (χ4v) is 2.15. The zero-order valence-electron chi connectivity index (χ0n) is 13.2. The SMILES string of the molecule is CCCCCCC(C)Nc1ncnc(NCC)c1OC. The van der Waals surface area contributed by atoms with Crippen molar-refractivity contribution in [2.45, 2.75) is 58.9 Å². The van der Waals surface area contributed by atoms with E-state index >= 15 is 0 Å². The molecule has 2 N–H and O–H groups in total. The molecule has 0 fully saturated rings. The van der Waals surface area contributed by atoms with Crippen LogP contribution < -0.4 is 15.4 Å². The largest absolute Gasteiger partial charge is 0.490 e. The molecule has 1 atom stereocenters. The molecule has 0 radical (unpaired) electrons. The molecule has 0 amide bonds. The third-order valence-electron chi connectivity index (χ3n) is 3.23. The zero-order valence-corrected chi connectivity index (χ0v) is 13.2. The standard InChI is InChI=1S/C15H28N4O/c1-5-7-8-9-10-12(3)19-15-13(20-4)14(16-6-2)17-11-18-15/h11-12H,5-10H2,1-4H3,(H2,16,17,18,19). The quantitative estimate of drug-likeness (QED) is 0.640. The minimum Gasteiger partial charge on any atom is -0.490 e. The van der Waals surface area contributed by atoms with Gasteiger partial charge < -0.3 is 15.4 Å². The number of aromatic nitrogens is 2. The molecule has 5 heteroatoms. The Bertz CT molecular complexity index is 384. The molecule has 1 heterocycles. The van der Waals surface area contributed by atoms with E-state index in [0.29, 0.717) is 11.8 Å². The summed E-state index contributed by atoms with van der Waals surface area (Å²) in [6.45, 7) is 7.25. The number of rotatable bonds is 10. The summed E-state index contributed by atoms with van der Waals surface area (Å²) in [6.07, 6.45) is 7.83. The molecule has 5 nitrogen and oxygen atoms in total. The van der Waals surface area contributed by atoms with Crippen molar-refractivity contribution in [3.63, 3.8) is 0 Å². The van der Waals surface area contributed by atoms with Crippen LogP contribution in [0.2, 0.25) is 0 Å². The van der Waals surface area contributed by atoms with Crippen LogP contribution in [0.4, 0.5) is 11.6 Å².